The number of alkyl carbamates (subject to hydrolysis) is 1. The fourth-order valence-corrected chi connectivity index (χ4v) is 4.45. The number of nitrogens with zero attached hydrogens (tertiary/aromatic N) is 2. The van der Waals surface area contributed by atoms with Gasteiger partial charge in [-0.25, -0.2) is 9.78 Å². The predicted octanol–water partition coefficient (Wildman–Crippen LogP) is 7.10. The zero-order valence-electron chi connectivity index (χ0n) is 20.7. The molecule has 0 bridgehead atoms. The lowest BCUT2D eigenvalue weighted by Crippen LogP contribution is -2.52. The Kier molecular flexibility index (Phi) is 6.30. The van der Waals surface area contributed by atoms with Gasteiger partial charge in [0.25, 0.3) is 0 Å². The van der Waals surface area contributed by atoms with Crippen molar-refractivity contribution in [2.45, 2.75) is 65.0 Å². The Morgan fingerprint density at radius 2 is 1.88 bits per heavy atom. The molecule has 0 atom stereocenters. The van der Waals surface area contributed by atoms with Crippen molar-refractivity contribution in [1.82, 2.24) is 15.3 Å². The third kappa shape index (κ3) is 4.74. The van der Waals surface area contributed by atoms with Gasteiger partial charge in [-0.15, -0.1) is 0 Å². The number of benzene rings is 1. The number of allylic oxidation sites excluding steroid dienone is 3. The van der Waals surface area contributed by atoms with Gasteiger partial charge in [-0.05, 0) is 77.2 Å². The molecule has 0 spiro atoms. The van der Waals surface area contributed by atoms with Crippen LogP contribution in [0.15, 0.2) is 61.3 Å². The molecule has 0 saturated heterocycles. The number of nitrogens with one attached hydrogen (secondary N) is 1. The first-order valence-corrected chi connectivity index (χ1v) is 11.8. The van der Waals surface area contributed by atoms with E-state index >= 15 is 0 Å². The lowest BCUT2D eigenvalue weighted by atomic mass is 9.71. The van der Waals surface area contributed by atoms with Gasteiger partial charge in [0.1, 0.15) is 5.60 Å². The number of aryl methyl sites for hydroxylation is 1. The molecule has 5 nitrogen and oxygen atoms in total. The summed E-state index contributed by atoms with van der Waals surface area (Å²) in [5, 5.41) is 4.16. The Morgan fingerprint density at radius 1 is 1.18 bits per heavy atom. The molecular weight excluding hydrogens is 422 g/mol. The molecular formula is C29H33N3O2. The standard InChI is InChI=1S/C29H33N3O2/c1-7-9-19(2)23-18-24-20(3)30-17-14-25(24)31-26(23)21-10-12-22(13-11-21)29(15-8-16-29)32-27(33)34-28(4,5)6/h7,9-14,17-18H,2,8,15-16H2,1,3-6H3,(H,32,33)/b9-7-. The first-order chi connectivity index (χ1) is 16.1. The van der Waals surface area contributed by atoms with Gasteiger partial charge < -0.3 is 10.1 Å². The Hall–Kier alpha value is -3.47. The lowest BCUT2D eigenvalue weighted by molar-refractivity contribution is 0.0377. The monoisotopic (exact) mass is 455 g/mol. The van der Waals surface area contributed by atoms with Crippen molar-refractivity contribution in [1.29, 1.82) is 0 Å². The molecule has 0 aliphatic heterocycles. The Labute approximate surface area is 202 Å². The van der Waals surface area contributed by atoms with Crippen LogP contribution in [-0.2, 0) is 10.3 Å². The van der Waals surface area contributed by atoms with Gasteiger partial charge in [-0.1, -0.05) is 43.0 Å². The van der Waals surface area contributed by atoms with E-state index in [4.69, 9.17) is 9.72 Å². The summed E-state index contributed by atoms with van der Waals surface area (Å²) in [5.41, 5.74) is 5.82. The highest BCUT2D eigenvalue weighted by Crippen LogP contribution is 2.42. The summed E-state index contributed by atoms with van der Waals surface area (Å²) < 4.78 is 5.52. The van der Waals surface area contributed by atoms with E-state index in [1.54, 1.807) is 6.20 Å². The number of hydrogen-bond donors (Lipinski definition) is 1. The van der Waals surface area contributed by atoms with E-state index in [2.05, 4.69) is 47.2 Å². The number of pyridine rings is 2. The van der Waals surface area contributed by atoms with E-state index in [0.29, 0.717) is 0 Å². The fraction of sp³-hybridized carbons (Fsp3) is 0.345. The van der Waals surface area contributed by atoms with Crippen molar-refractivity contribution < 1.29 is 9.53 Å². The van der Waals surface area contributed by atoms with E-state index in [-0.39, 0.29) is 11.6 Å². The van der Waals surface area contributed by atoms with Gasteiger partial charge >= 0.3 is 6.09 Å². The highest BCUT2D eigenvalue weighted by Gasteiger charge is 2.41. The van der Waals surface area contributed by atoms with Gasteiger partial charge in [0.05, 0.1) is 16.7 Å². The summed E-state index contributed by atoms with van der Waals surface area (Å²) in [6.07, 6.45) is 8.27. The second-order valence-electron chi connectivity index (χ2n) is 10.0. The summed E-state index contributed by atoms with van der Waals surface area (Å²) >= 11 is 0. The third-order valence-electron chi connectivity index (χ3n) is 6.31. The van der Waals surface area contributed by atoms with Gasteiger partial charge in [0, 0.05) is 28.4 Å². The van der Waals surface area contributed by atoms with E-state index in [1.165, 1.54) is 0 Å². The minimum atomic E-state index is -0.528. The maximum Gasteiger partial charge on any atom is 0.408 e. The molecule has 2 heterocycles. The first-order valence-electron chi connectivity index (χ1n) is 11.8. The largest absolute Gasteiger partial charge is 0.444 e. The van der Waals surface area contributed by atoms with Crippen molar-refractivity contribution in [2.24, 2.45) is 0 Å². The van der Waals surface area contributed by atoms with E-state index in [9.17, 15) is 4.79 Å². The second kappa shape index (κ2) is 9.05. The lowest BCUT2D eigenvalue weighted by Gasteiger charge is -2.43. The number of carbonyl (C=O) groups is 1. The summed E-state index contributed by atoms with van der Waals surface area (Å²) in [6.45, 7) is 13.9. The summed E-state index contributed by atoms with van der Waals surface area (Å²) in [5.74, 6) is 0. The molecule has 5 heteroatoms. The molecule has 1 amide bonds. The third-order valence-corrected chi connectivity index (χ3v) is 6.31. The SMILES string of the molecule is C=C(/C=C\C)c1cc2c(C)nccc2nc1-c1ccc(C2(NC(=O)OC(C)(C)C)CCC2)cc1. The van der Waals surface area contributed by atoms with E-state index < -0.39 is 5.60 Å². The predicted molar refractivity (Wildman–Crippen MR) is 138 cm³/mol. The smallest absolute Gasteiger partial charge is 0.408 e. The van der Waals surface area contributed by atoms with Crippen LogP contribution in [0.1, 0.15) is 63.8 Å². The quantitative estimate of drug-likeness (QED) is 0.417. The molecule has 1 aliphatic carbocycles. The molecule has 3 aromatic rings. The van der Waals surface area contributed by atoms with Crippen LogP contribution in [-0.4, -0.2) is 21.7 Å². The van der Waals surface area contributed by atoms with Crippen molar-refractivity contribution in [3.8, 4) is 11.3 Å². The van der Waals surface area contributed by atoms with Crippen LogP contribution in [0.25, 0.3) is 27.7 Å². The van der Waals surface area contributed by atoms with Crippen molar-refractivity contribution in [3.63, 3.8) is 0 Å². The fourth-order valence-electron chi connectivity index (χ4n) is 4.45. The average Bonchev–Trinajstić information content (AvgIpc) is 2.75. The maximum absolute atomic E-state index is 12.5. The number of ether oxygens (including phenoxy) is 1. The Bertz CT molecular complexity index is 1260. The van der Waals surface area contributed by atoms with Crippen molar-refractivity contribution in [2.75, 3.05) is 0 Å². The van der Waals surface area contributed by atoms with Crippen LogP contribution < -0.4 is 5.32 Å². The Morgan fingerprint density at radius 3 is 2.47 bits per heavy atom. The molecule has 4 rings (SSSR count). The number of aromatic nitrogens is 2. The van der Waals surface area contributed by atoms with Gasteiger partial charge in [0.2, 0.25) is 0 Å². The van der Waals surface area contributed by atoms with Crippen LogP contribution in [0, 0.1) is 6.92 Å². The zero-order chi connectivity index (χ0) is 24.5. The van der Waals surface area contributed by atoms with Crippen LogP contribution >= 0.6 is 0 Å². The van der Waals surface area contributed by atoms with Gasteiger partial charge in [-0.2, -0.15) is 0 Å². The molecule has 1 aromatic carbocycles. The number of amides is 1. The van der Waals surface area contributed by atoms with Crippen molar-refractivity contribution in [3.05, 3.63) is 78.1 Å². The van der Waals surface area contributed by atoms with Crippen molar-refractivity contribution >= 4 is 22.6 Å². The highest BCUT2D eigenvalue weighted by atomic mass is 16.6. The van der Waals surface area contributed by atoms with Gasteiger partial charge in [0.15, 0.2) is 0 Å². The van der Waals surface area contributed by atoms with E-state index in [0.717, 1.165) is 63.8 Å². The molecule has 1 aliphatic rings. The average molecular weight is 456 g/mol. The highest BCUT2D eigenvalue weighted by molar-refractivity contribution is 5.92. The minimum absolute atomic E-state index is 0.374. The molecule has 0 radical (unpaired) electrons. The summed E-state index contributed by atoms with van der Waals surface area (Å²) in [7, 11) is 0. The summed E-state index contributed by atoms with van der Waals surface area (Å²) in [4.78, 5) is 21.9. The number of hydrogen-bond acceptors (Lipinski definition) is 4. The second-order valence-corrected chi connectivity index (χ2v) is 10.0. The van der Waals surface area contributed by atoms with Gasteiger partial charge in [-0.3, -0.25) is 4.98 Å². The van der Waals surface area contributed by atoms with E-state index in [1.807, 2.05) is 52.8 Å². The summed E-state index contributed by atoms with van der Waals surface area (Å²) in [6, 6.07) is 12.4. The van der Waals surface area contributed by atoms with Crippen LogP contribution in [0.4, 0.5) is 4.79 Å². The molecule has 1 saturated carbocycles. The molecule has 1 fully saturated rings. The van der Waals surface area contributed by atoms with Crippen LogP contribution in [0.2, 0.25) is 0 Å². The topological polar surface area (TPSA) is 64.1 Å². The molecule has 2 aromatic heterocycles. The number of carbonyl (C=O) groups excluding carboxylic acids is 1. The molecule has 176 valence electrons. The van der Waals surface area contributed by atoms with Crippen LogP contribution in [0.5, 0.6) is 0 Å². The number of rotatable bonds is 5. The molecule has 1 N–H and O–H groups in total. The first kappa shape index (κ1) is 23.7. The molecule has 0 unspecified atom stereocenters. The molecule has 34 heavy (non-hydrogen) atoms. The minimum Gasteiger partial charge on any atom is -0.444 e. The zero-order valence-corrected chi connectivity index (χ0v) is 20.7. The number of fused-ring (bicyclic) bond motifs is 1. The normalized spacial score (nSPS) is 15.2. The maximum atomic E-state index is 12.5. The van der Waals surface area contributed by atoms with Crippen LogP contribution in [0.3, 0.4) is 0 Å². The Balaban J connectivity index is 1.71.